The Kier molecular flexibility index (Phi) is 4.10. The predicted molar refractivity (Wildman–Crippen MR) is 72.9 cm³/mol. The Bertz CT molecular complexity index is 359. The highest BCUT2D eigenvalue weighted by Gasteiger charge is 2.41. The molecule has 1 unspecified atom stereocenters. The van der Waals surface area contributed by atoms with Crippen LogP contribution in [0.15, 0.2) is 24.3 Å². The van der Waals surface area contributed by atoms with Gasteiger partial charge in [0.1, 0.15) is 5.82 Å². The Morgan fingerprint density at radius 3 is 2.47 bits per heavy atom. The van der Waals surface area contributed by atoms with E-state index in [1.807, 2.05) is 23.9 Å². The zero-order valence-electron chi connectivity index (χ0n) is 10.5. The van der Waals surface area contributed by atoms with E-state index in [1.165, 1.54) is 18.4 Å². The number of halogens is 1. The fourth-order valence-electron chi connectivity index (χ4n) is 2.09. The lowest BCUT2D eigenvalue weighted by atomic mass is 10.0. The van der Waals surface area contributed by atoms with Crippen LogP contribution in [0, 0.1) is 5.82 Å². The summed E-state index contributed by atoms with van der Waals surface area (Å²) in [6.45, 7) is 3.23. The van der Waals surface area contributed by atoms with Crippen LogP contribution in [0.1, 0.15) is 37.8 Å². The highest BCUT2D eigenvalue weighted by Crippen LogP contribution is 2.46. The van der Waals surface area contributed by atoms with Gasteiger partial charge in [-0.05, 0) is 43.2 Å². The predicted octanol–water partition coefficient (Wildman–Crippen LogP) is 3.76. The molecule has 1 N–H and O–H groups in total. The van der Waals surface area contributed by atoms with Crippen LogP contribution in [0.5, 0.6) is 0 Å². The maximum absolute atomic E-state index is 12.9. The molecule has 0 heterocycles. The molecule has 0 amide bonds. The van der Waals surface area contributed by atoms with Crippen LogP contribution in [0.4, 0.5) is 4.39 Å². The molecule has 1 atom stereocenters. The van der Waals surface area contributed by atoms with Gasteiger partial charge in [-0.15, -0.1) is 0 Å². The zero-order valence-corrected chi connectivity index (χ0v) is 11.3. The highest BCUT2D eigenvalue weighted by molar-refractivity contribution is 8.00. The molecule has 1 aliphatic rings. The highest BCUT2D eigenvalue weighted by atomic mass is 32.2. The van der Waals surface area contributed by atoms with Crippen LogP contribution in [0.25, 0.3) is 0 Å². The second-order valence-corrected chi connectivity index (χ2v) is 6.05. The van der Waals surface area contributed by atoms with Gasteiger partial charge in [-0.2, -0.15) is 11.8 Å². The van der Waals surface area contributed by atoms with E-state index in [4.69, 9.17) is 0 Å². The molecule has 1 saturated carbocycles. The summed E-state index contributed by atoms with van der Waals surface area (Å²) in [6, 6.07) is 7.20. The molecule has 1 fully saturated rings. The van der Waals surface area contributed by atoms with Crippen molar-refractivity contribution in [3.05, 3.63) is 35.6 Å². The molecule has 0 aliphatic heterocycles. The average Bonchev–Trinajstić information content (AvgIpc) is 3.13. The second kappa shape index (κ2) is 5.40. The number of thioether (sulfide) groups is 1. The smallest absolute Gasteiger partial charge is 0.123 e. The monoisotopic (exact) mass is 253 g/mol. The van der Waals surface area contributed by atoms with Crippen molar-refractivity contribution in [2.24, 2.45) is 0 Å². The Morgan fingerprint density at radius 1 is 1.35 bits per heavy atom. The number of hydrogen-bond acceptors (Lipinski definition) is 2. The van der Waals surface area contributed by atoms with Gasteiger partial charge < -0.3 is 5.32 Å². The van der Waals surface area contributed by atoms with E-state index in [9.17, 15) is 4.39 Å². The summed E-state index contributed by atoms with van der Waals surface area (Å²) in [5, 5.41) is 3.62. The lowest BCUT2D eigenvalue weighted by Crippen LogP contribution is -2.29. The van der Waals surface area contributed by atoms with Gasteiger partial charge in [-0.3, -0.25) is 0 Å². The van der Waals surface area contributed by atoms with Crippen molar-refractivity contribution in [1.82, 2.24) is 5.32 Å². The molecule has 1 aliphatic carbocycles. The third-order valence-electron chi connectivity index (χ3n) is 3.59. The fourth-order valence-corrected chi connectivity index (χ4v) is 2.83. The topological polar surface area (TPSA) is 12.0 Å². The van der Waals surface area contributed by atoms with E-state index in [1.54, 1.807) is 12.1 Å². The van der Waals surface area contributed by atoms with Crippen molar-refractivity contribution in [2.45, 2.75) is 37.0 Å². The fraction of sp³-hybridized carbons (Fsp3) is 0.571. The van der Waals surface area contributed by atoms with E-state index < -0.39 is 0 Å². The lowest BCUT2D eigenvalue weighted by Gasteiger charge is -2.21. The van der Waals surface area contributed by atoms with Crippen LogP contribution in [-0.2, 0) is 0 Å². The molecule has 1 nitrogen and oxygen atoms in total. The normalized spacial score (nSPS) is 19.0. The van der Waals surface area contributed by atoms with Gasteiger partial charge in [-0.1, -0.05) is 19.1 Å². The molecule has 0 bridgehead atoms. The van der Waals surface area contributed by atoms with Gasteiger partial charge in [0, 0.05) is 17.3 Å². The van der Waals surface area contributed by atoms with Gasteiger partial charge in [0.15, 0.2) is 0 Å². The molecule has 1 aromatic rings. The maximum Gasteiger partial charge on any atom is 0.123 e. The average molecular weight is 253 g/mol. The molecule has 3 heteroatoms. The third kappa shape index (κ3) is 3.23. The van der Waals surface area contributed by atoms with Crippen LogP contribution in [-0.4, -0.2) is 17.5 Å². The summed E-state index contributed by atoms with van der Waals surface area (Å²) in [6.07, 6.45) is 5.87. The summed E-state index contributed by atoms with van der Waals surface area (Å²) in [4.78, 5) is 0. The molecule has 94 valence electrons. The SMILES string of the molecule is CCC(NCC1(SC)CC1)c1ccc(F)cc1. The molecule has 17 heavy (non-hydrogen) atoms. The van der Waals surface area contributed by atoms with Crippen LogP contribution in [0.2, 0.25) is 0 Å². The van der Waals surface area contributed by atoms with Crippen molar-refractivity contribution < 1.29 is 4.39 Å². The minimum Gasteiger partial charge on any atom is -0.309 e. The van der Waals surface area contributed by atoms with Crippen molar-refractivity contribution in [1.29, 1.82) is 0 Å². The second-order valence-electron chi connectivity index (χ2n) is 4.78. The summed E-state index contributed by atoms with van der Waals surface area (Å²) in [7, 11) is 0. The van der Waals surface area contributed by atoms with E-state index in [0.29, 0.717) is 10.8 Å². The molecule has 2 rings (SSSR count). The first-order valence-corrected chi connectivity index (χ1v) is 7.45. The Balaban J connectivity index is 1.94. The molecule has 0 radical (unpaired) electrons. The molecule has 1 aromatic carbocycles. The number of rotatable bonds is 6. The summed E-state index contributed by atoms with van der Waals surface area (Å²) in [5.74, 6) is -0.161. The van der Waals surface area contributed by atoms with Crippen LogP contribution in [0.3, 0.4) is 0 Å². The lowest BCUT2D eigenvalue weighted by molar-refractivity contribution is 0.512. The van der Waals surface area contributed by atoms with Crippen molar-refractivity contribution in [2.75, 3.05) is 12.8 Å². The van der Waals surface area contributed by atoms with E-state index in [-0.39, 0.29) is 5.82 Å². The van der Waals surface area contributed by atoms with E-state index in [0.717, 1.165) is 13.0 Å². The molecule has 0 saturated heterocycles. The third-order valence-corrected chi connectivity index (χ3v) is 5.01. The van der Waals surface area contributed by atoms with Crippen LogP contribution >= 0.6 is 11.8 Å². The largest absolute Gasteiger partial charge is 0.309 e. The summed E-state index contributed by atoms with van der Waals surface area (Å²) < 4.78 is 13.3. The first-order chi connectivity index (χ1) is 8.19. The van der Waals surface area contributed by atoms with Crippen molar-refractivity contribution in [3.8, 4) is 0 Å². The van der Waals surface area contributed by atoms with Crippen molar-refractivity contribution >= 4 is 11.8 Å². The number of hydrogen-bond donors (Lipinski definition) is 1. The van der Waals surface area contributed by atoms with Gasteiger partial charge in [0.2, 0.25) is 0 Å². The molecule has 0 spiro atoms. The van der Waals surface area contributed by atoms with Gasteiger partial charge >= 0.3 is 0 Å². The Hall–Kier alpha value is -0.540. The quantitative estimate of drug-likeness (QED) is 0.828. The number of nitrogens with one attached hydrogen (secondary N) is 1. The molecule has 0 aromatic heterocycles. The first-order valence-electron chi connectivity index (χ1n) is 6.23. The number of benzene rings is 1. The summed E-state index contributed by atoms with van der Waals surface area (Å²) in [5.41, 5.74) is 1.19. The minimum atomic E-state index is -0.161. The molecular weight excluding hydrogens is 233 g/mol. The van der Waals surface area contributed by atoms with Crippen LogP contribution < -0.4 is 5.32 Å². The maximum atomic E-state index is 12.9. The standard InChI is InChI=1S/C14H20FNS/c1-3-13(11-4-6-12(15)7-5-11)16-10-14(17-2)8-9-14/h4-7,13,16H,3,8-10H2,1-2H3. The van der Waals surface area contributed by atoms with Crippen molar-refractivity contribution in [3.63, 3.8) is 0 Å². The minimum absolute atomic E-state index is 0.161. The molecular formula is C14H20FNS. The zero-order chi connectivity index (χ0) is 12.3. The van der Waals surface area contributed by atoms with Gasteiger partial charge in [0.05, 0.1) is 0 Å². The van der Waals surface area contributed by atoms with Gasteiger partial charge in [0.25, 0.3) is 0 Å². The first kappa shape index (κ1) is 12.9. The Morgan fingerprint density at radius 2 is 2.00 bits per heavy atom. The van der Waals surface area contributed by atoms with E-state index >= 15 is 0 Å². The van der Waals surface area contributed by atoms with E-state index in [2.05, 4.69) is 18.5 Å². The van der Waals surface area contributed by atoms with Gasteiger partial charge in [-0.25, -0.2) is 4.39 Å². The summed E-state index contributed by atoms with van der Waals surface area (Å²) >= 11 is 1.97. The Labute approximate surface area is 107 Å².